The van der Waals surface area contributed by atoms with Crippen molar-refractivity contribution in [1.82, 2.24) is 24.8 Å². The van der Waals surface area contributed by atoms with Crippen LogP contribution in [-0.2, 0) is 33.6 Å². The van der Waals surface area contributed by atoms with Crippen LogP contribution >= 0.6 is 0 Å². The van der Waals surface area contributed by atoms with Crippen molar-refractivity contribution in [2.45, 2.75) is 57.0 Å². The molecule has 1 saturated carbocycles. The Hall–Kier alpha value is -5.66. The molecule has 49 heavy (non-hydrogen) atoms. The number of ketones is 3. The molecule has 0 spiro atoms. The SMILES string of the molecule is CN1C(=O)CCC1c1cccnc1.C[C@@H]1C(=O)CC(C(=O)CC(=O)C2CC(=O)N(C)C2c2cccnc2)C1c1cccnc1.O=C=O.[2H]C#C. The van der Waals surface area contributed by atoms with Crippen molar-refractivity contribution in [1.29, 1.82) is 0 Å². The van der Waals surface area contributed by atoms with Crippen molar-refractivity contribution < 1.29 is 34.9 Å². The predicted molar refractivity (Wildman–Crippen MR) is 176 cm³/mol. The van der Waals surface area contributed by atoms with Crippen LogP contribution in [0.15, 0.2) is 73.6 Å². The number of nitrogens with zero attached hydrogens (tertiary/aromatic N) is 5. The fourth-order valence-corrected chi connectivity index (χ4v) is 6.85. The summed E-state index contributed by atoms with van der Waals surface area (Å²) in [6.07, 6.45) is 17.7. The molecule has 6 atom stereocenters. The lowest BCUT2D eigenvalue weighted by atomic mass is 9.80. The maximum atomic E-state index is 13.2. The van der Waals surface area contributed by atoms with Gasteiger partial charge in [0, 0.05) is 88.3 Å². The summed E-state index contributed by atoms with van der Waals surface area (Å²) in [4.78, 5) is 94.3. The summed E-state index contributed by atoms with van der Waals surface area (Å²) in [5.41, 5.74) is 2.76. The number of terminal acetylenes is 1. The zero-order valence-electron chi connectivity index (χ0n) is 28.6. The average Bonchev–Trinajstić information content (AvgIpc) is 3.73. The highest BCUT2D eigenvalue weighted by molar-refractivity contribution is 6.06. The number of hydrogen-bond donors (Lipinski definition) is 0. The minimum absolute atomic E-state index is 0.0312. The average molecular weight is 667 g/mol. The van der Waals surface area contributed by atoms with Gasteiger partial charge in [-0.2, -0.15) is 9.59 Å². The van der Waals surface area contributed by atoms with Crippen molar-refractivity contribution in [2.24, 2.45) is 17.8 Å². The minimum atomic E-state index is -0.600. The van der Waals surface area contributed by atoms with Crippen LogP contribution in [0.3, 0.4) is 0 Å². The first-order chi connectivity index (χ1) is 24.0. The van der Waals surface area contributed by atoms with E-state index >= 15 is 0 Å². The van der Waals surface area contributed by atoms with E-state index in [1.165, 1.54) is 6.40 Å². The molecule has 6 rings (SSSR count). The van der Waals surface area contributed by atoms with Gasteiger partial charge in [-0.15, -0.1) is 12.8 Å². The Morgan fingerprint density at radius 1 is 0.837 bits per heavy atom. The van der Waals surface area contributed by atoms with Gasteiger partial charge in [-0.1, -0.05) is 25.1 Å². The zero-order valence-corrected chi connectivity index (χ0v) is 27.6. The van der Waals surface area contributed by atoms with Gasteiger partial charge < -0.3 is 9.80 Å². The van der Waals surface area contributed by atoms with Crippen molar-refractivity contribution in [2.75, 3.05) is 14.1 Å². The van der Waals surface area contributed by atoms with Crippen molar-refractivity contribution in [3.63, 3.8) is 0 Å². The number of carbonyl (C=O) groups is 5. The number of carbonyl (C=O) groups excluding carboxylic acids is 7. The number of rotatable bonds is 7. The summed E-state index contributed by atoms with van der Waals surface area (Å²) in [6, 6.07) is 11.0. The summed E-state index contributed by atoms with van der Waals surface area (Å²) < 4.78 is 5.74. The first-order valence-corrected chi connectivity index (χ1v) is 15.7. The molecule has 3 aliphatic rings. The van der Waals surface area contributed by atoms with Crippen molar-refractivity contribution in [3.8, 4) is 12.8 Å². The van der Waals surface area contributed by atoms with Gasteiger partial charge in [0.25, 0.3) is 0 Å². The van der Waals surface area contributed by atoms with Crippen molar-refractivity contribution >= 4 is 35.3 Å². The number of hydrogen-bond acceptors (Lipinski definition) is 10. The van der Waals surface area contributed by atoms with Crippen LogP contribution in [0.4, 0.5) is 0 Å². The second-order valence-electron chi connectivity index (χ2n) is 12.0. The highest BCUT2D eigenvalue weighted by Gasteiger charge is 2.47. The maximum absolute atomic E-state index is 13.2. The minimum Gasteiger partial charge on any atom is -0.339 e. The van der Waals surface area contributed by atoms with Gasteiger partial charge in [0.2, 0.25) is 11.8 Å². The molecule has 2 aliphatic heterocycles. The summed E-state index contributed by atoms with van der Waals surface area (Å²) in [5.74, 6) is -2.06. The van der Waals surface area contributed by atoms with Crippen LogP contribution in [0.25, 0.3) is 0 Å². The van der Waals surface area contributed by atoms with E-state index in [-0.39, 0.29) is 72.5 Å². The standard InChI is InChI=1S/C24H25N3O4.C10H12N2O.C2H2.CO2/c1-14-19(28)9-17(23(14)15-5-3-7-25-12-15)20(29)11-21(30)18-10-22(31)27(2)24(18)16-6-4-8-26-13-16;1-12-9(4-5-10(12)13)8-3-2-6-11-7-8;1-2;2-1-3/h3-8,12-14,17-18,23-24H,9-11H2,1-2H3;2-3,6-7,9H,4-5H2,1H3;1-2H;/t14-,17?,18?,23?,24?;;;/m1.../s1/i;;1D;. The van der Waals surface area contributed by atoms with Gasteiger partial charge in [-0.25, -0.2) is 0 Å². The van der Waals surface area contributed by atoms with Crippen LogP contribution in [-0.4, -0.2) is 74.2 Å². The number of amides is 2. The monoisotopic (exact) mass is 666 g/mol. The molecule has 0 N–H and O–H groups in total. The summed E-state index contributed by atoms with van der Waals surface area (Å²) in [6.45, 7) is 1.83. The van der Waals surface area contributed by atoms with E-state index in [1.54, 1.807) is 60.0 Å². The molecule has 3 fully saturated rings. The molecule has 5 unspecified atom stereocenters. The Kier molecular flexibility index (Phi) is 13.3. The number of Topliss-reactive ketones (excluding diaryl/α,β-unsaturated/α-hetero) is 3. The number of aromatic nitrogens is 3. The van der Waals surface area contributed by atoms with E-state index in [4.69, 9.17) is 11.0 Å². The van der Waals surface area contributed by atoms with E-state index in [0.29, 0.717) is 6.42 Å². The Balaban J connectivity index is 0.000000293. The fourth-order valence-electron chi connectivity index (χ4n) is 6.85. The molecule has 12 nitrogen and oxygen atoms in total. The normalized spacial score (nSPS) is 24.1. The highest BCUT2D eigenvalue weighted by Crippen LogP contribution is 2.44. The number of likely N-dealkylation sites (tertiary alicyclic amines) is 2. The first-order valence-electron chi connectivity index (χ1n) is 16.2. The Bertz CT molecular complexity index is 1630. The molecule has 3 aromatic heterocycles. The Morgan fingerprint density at radius 2 is 1.35 bits per heavy atom. The zero-order chi connectivity index (χ0) is 36.8. The third-order valence-corrected chi connectivity index (χ3v) is 9.32. The van der Waals surface area contributed by atoms with E-state index < -0.39 is 17.9 Å². The van der Waals surface area contributed by atoms with Gasteiger partial charge >= 0.3 is 6.15 Å². The quantitative estimate of drug-likeness (QED) is 0.269. The van der Waals surface area contributed by atoms with Crippen LogP contribution in [0.1, 0.15) is 75.1 Å². The molecule has 0 aromatic carbocycles. The van der Waals surface area contributed by atoms with E-state index in [2.05, 4.69) is 21.4 Å². The summed E-state index contributed by atoms with van der Waals surface area (Å²) in [5, 5.41) is 0. The molecule has 0 bridgehead atoms. The smallest absolute Gasteiger partial charge is 0.339 e. The van der Waals surface area contributed by atoms with Crippen LogP contribution < -0.4 is 0 Å². The molecule has 254 valence electrons. The third kappa shape index (κ3) is 9.03. The van der Waals surface area contributed by atoms with Crippen LogP contribution in [0.2, 0.25) is 0 Å². The second kappa shape index (κ2) is 18.0. The molecule has 3 aromatic rings. The van der Waals surface area contributed by atoms with Gasteiger partial charge in [0.1, 0.15) is 18.7 Å². The topological polar surface area (TPSA) is 165 Å². The lowest BCUT2D eigenvalue weighted by Gasteiger charge is -2.25. The fraction of sp³-hybridized carbons (Fsp3) is 0.378. The highest BCUT2D eigenvalue weighted by atomic mass is 16.2. The van der Waals surface area contributed by atoms with Gasteiger partial charge in [0.05, 0.1) is 24.4 Å². The molecule has 1 aliphatic carbocycles. The van der Waals surface area contributed by atoms with E-state index in [1.807, 2.05) is 44.4 Å². The molecule has 2 amide bonds. The lowest BCUT2D eigenvalue weighted by Crippen LogP contribution is -2.29. The lowest BCUT2D eigenvalue weighted by molar-refractivity contribution is -0.191. The molecule has 0 radical (unpaired) electrons. The molecular formula is C37H39N5O7. The first kappa shape index (κ1) is 36.2. The Labute approximate surface area is 286 Å². The van der Waals surface area contributed by atoms with Gasteiger partial charge in [0.15, 0.2) is 0 Å². The second-order valence-corrected chi connectivity index (χ2v) is 12.0. The largest absolute Gasteiger partial charge is 0.373 e. The third-order valence-electron chi connectivity index (χ3n) is 9.32. The van der Waals surface area contributed by atoms with Crippen LogP contribution in [0.5, 0.6) is 0 Å². The van der Waals surface area contributed by atoms with Gasteiger partial charge in [-0.05, 0) is 41.3 Å². The van der Waals surface area contributed by atoms with Crippen molar-refractivity contribution in [3.05, 3.63) is 90.3 Å². The summed E-state index contributed by atoms with van der Waals surface area (Å²) >= 11 is 0. The molecule has 5 heterocycles. The van der Waals surface area contributed by atoms with Crippen LogP contribution in [0, 0.1) is 30.6 Å². The summed E-state index contributed by atoms with van der Waals surface area (Å²) in [7, 11) is 3.53. The Morgan fingerprint density at radius 3 is 1.84 bits per heavy atom. The van der Waals surface area contributed by atoms with E-state index in [0.717, 1.165) is 23.1 Å². The molecule has 2 saturated heterocycles. The maximum Gasteiger partial charge on any atom is 0.373 e. The molecular weight excluding hydrogens is 626 g/mol. The van der Waals surface area contributed by atoms with E-state index in [9.17, 15) is 24.0 Å². The number of pyridine rings is 3. The predicted octanol–water partition coefficient (Wildman–Crippen LogP) is 3.57. The van der Waals surface area contributed by atoms with Gasteiger partial charge in [-0.3, -0.25) is 38.9 Å². The molecule has 12 heteroatoms.